The standard InChI is InChI=1S/C20H20N6O4S/c1-10-22-18-12(20(30)26(10)14-5-6-15(27)25-19(14)29)3-2-4-13(18)24-16(28)7-11-9-31-17(8-21)23-11/h2-4,9,14H,5-8,21H2,1H3,(H,24,28)(H,25,27,29). The Morgan fingerprint density at radius 1 is 1.32 bits per heavy atom. The summed E-state index contributed by atoms with van der Waals surface area (Å²) in [7, 11) is 0. The molecule has 1 aliphatic rings. The predicted octanol–water partition coefficient (Wildman–Crippen LogP) is 0.779. The summed E-state index contributed by atoms with van der Waals surface area (Å²) >= 11 is 1.39. The molecule has 1 atom stereocenters. The van der Waals surface area contributed by atoms with E-state index in [1.807, 2.05) is 0 Å². The Labute approximate surface area is 180 Å². The fourth-order valence-electron chi connectivity index (χ4n) is 3.61. The number of fused-ring (bicyclic) bond motifs is 1. The number of thiazole rings is 1. The van der Waals surface area contributed by atoms with Crippen LogP contribution in [0.4, 0.5) is 5.69 Å². The molecule has 1 fully saturated rings. The van der Waals surface area contributed by atoms with Crippen molar-refractivity contribution in [2.75, 3.05) is 5.32 Å². The third-order valence-electron chi connectivity index (χ3n) is 5.02. The van der Waals surface area contributed by atoms with E-state index in [4.69, 9.17) is 5.73 Å². The summed E-state index contributed by atoms with van der Waals surface area (Å²) in [6.45, 7) is 1.94. The molecule has 10 nitrogen and oxygen atoms in total. The first kappa shape index (κ1) is 20.8. The first-order valence-corrected chi connectivity index (χ1v) is 10.5. The summed E-state index contributed by atoms with van der Waals surface area (Å²) in [6, 6.07) is 4.09. The molecule has 1 aromatic carbocycles. The van der Waals surface area contributed by atoms with Crippen molar-refractivity contribution in [1.29, 1.82) is 0 Å². The topological polar surface area (TPSA) is 149 Å². The Morgan fingerprint density at radius 3 is 2.84 bits per heavy atom. The van der Waals surface area contributed by atoms with E-state index >= 15 is 0 Å². The zero-order valence-corrected chi connectivity index (χ0v) is 17.5. The number of aryl methyl sites for hydroxylation is 1. The lowest BCUT2D eigenvalue weighted by atomic mass is 10.1. The number of hydrogen-bond acceptors (Lipinski definition) is 8. The van der Waals surface area contributed by atoms with Crippen LogP contribution in [0.5, 0.6) is 0 Å². The Kier molecular flexibility index (Phi) is 5.61. The third-order valence-corrected chi connectivity index (χ3v) is 5.94. The summed E-state index contributed by atoms with van der Waals surface area (Å²) in [5, 5.41) is 7.85. The number of hydrogen-bond donors (Lipinski definition) is 3. The van der Waals surface area contributed by atoms with Crippen LogP contribution in [0.1, 0.15) is 35.4 Å². The lowest BCUT2D eigenvalue weighted by molar-refractivity contribution is -0.135. The number of nitrogens with two attached hydrogens (primary N) is 1. The number of carbonyl (C=O) groups is 3. The predicted molar refractivity (Wildman–Crippen MR) is 114 cm³/mol. The van der Waals surface area contributed by atoms with Crippen LogP contribution in [0, 0.1) is 6.92 Å². The molecule has 4 rings (SSSR count). The second-order valence-corrected chi connectivity index (χ2v) is 8.11. The number of carbonyl (C=O) groups excluding carboxylic acids is 3. The van der Waals surface area contributed by atoms with Crippen LogP contribution in [0.3, 0.4) is 0 Å². The second-order valence-electron chi connectivity index (χ2n) is 7.16. The number of amides is 3. The molecule has 0 saturated carbocycles. The summed E-state index contributed by atoms with van der Waals surface area (Å²) in [5.74, 6) is -0.854. The van der Waals surface area contributed by atoms with Crippen molar-refractivity contribution in [3.63, 3.8) is 0 Å². The molecule has 1 aliphatic heterocycles. The van der Waals surface area contributed by atoms with E-state index in [9.17, 15) is 19.2 Å². The largest absolute Gasteiger partial charge is 0.325 e. The SMILES string of the molecule is Cc1nc2c(NC(=O)Cc3csc(CN)n3)cccc2c(=O)n1C1CCC(=O)NC1=O. The molecule has 0 spiro atoms. The molecule has 31 heavy (non-hydrogen) atoms. The maximum absolute atomic E-state index is 13.2. The zero-order chi connectivity index (χ0) is 22.1. The van der Waals surface area contributed by atoms with E-state index in [1.165, 1.54) is 15.9 Å². The average Bonchev–Trinajstić information content (AvgIpc) is 3.17. The first-order valence-electron chi connectivity index (χ1n) is 9.66. The van der Waals surface area contributed by atoms with Crippen LogP contribution in [0.2, 0.25) is 0 Å². The van der Waals surface area contributed by atoms with Gasteiger partial charge in [0.25, 0.3) is 5.56 Å². The van der Waals surface area contributed by atoms with Crippen molar-refractivity contribution in [3.05, 3.63) is 50.5 Å². The van der Waals surface area contributed by atoms with Gasteiger partial charge >= 0.3 is 0 Å². The van der Waals surface area contributed by atoms with Gasteiger partial charge in [0, 0.05) is 18.3 Å². The quantitative estimate of drug-likeness (QED) is 0.496. The molecule has 1 saturated heterocycles. The minimum atomic E-state index is -0.804. The first-order chi connectivity index (χ1) is 14.9. The van der Waals surface area contributed by atoms with Gasteiger partial charge in [0.1, 0.15) is 22.4 Å². The highest BCUT2D eigenvalue weighted by atomic mass is 32.1. The zero-order valence-electron chi connectivity index (χ0n) is 16.7. The van der Waals surface area contributed by atoms with Crippen molar-refractivity contribution in [2.24, 2.45) is 5.73 Å². The van der Waals surface area contributed by atoms with Gasteiger partial charge in [-0.3, -0.25) is 29.1 Å². The van der Waals surface area contributed by atoms with Crippen molar-refractivity contribution in [1.82, 2.24) is 19.9 Å². The highest BCUT2D eigenvalue weighted by Crippen LogP contribution is 2.23. The van der Waals surface area contributed by atoms with Crippen molar-refractivity contribution >= 4 is 45.6 Å². The van der Waals surface area contributed by atoms with E-state index in [-0.39, 0.29) is 36.5 Å². The van der Waals surface area contributed by atoms with Gasteiger partial charge in [-0.05, 0) is 25.5 Å². The van der Waals surface area contributed by atoms with Crippen LogP contribution in [-0.4, -0.2) is 32.3 Å². The summed E-state index contributed by atoms with van der Waals surface area (Å²) in [5.41, 5.74) is 6.50. The molecule has 11 heteroatoms. The molecule has 0 aliphatic carbocycles. The number of nitrogens with zero attached hydrogens (tertiary/aromatic N) is 3. The highest BCUT2D eigenvalue weighted by Gasteiger charge is 2.30. The van der Waals surface area contributed by atoms with Gasteiger partial charge in [0.2, 0.25) is 17.7 Å². The Balaban J connectivity index is 1.65. The van der Waals surface area contributed by atoms with Crippen LogP contribution in [0.15, 0.2) is 28.4 Å². The normalized spacial score (nSPS) is 16.4. The fourth-order valence-corrected chi connectivity index (χ4v) is 4.28. The van der Waals surface area contributed by atoms with Crippen LogP contribution in [-0.2, 0) is 27.3 Å². The van der Waals surface area contributed by atoms with Crippen molar-refractivity contribution in [2.45, 2.75) is 38.8 Å². The molecule has 4 N–H and O–H groups in total. The Bertz CT molecular complexity index is 1260. The monoisotopic (exact) mass is 440 g/mol. The molecule has 160 valence electrons. The maximum atomic E-state index is 13.2. The number of imide groups is 1. The van der Waals surface area contributed by atoms with Crippen molar-refractivity contribution < 1.29 is 14.4 Å². The Morgan fingerprint density at radius 2 is 2.13 bits per heavy atom. The van der Waals surface area contributed by atoms with E-state index in [0.29, 0.717) is 29.3 Å². The van der Waals surface area contributed by atoms with Crippen LogP contribution in [0.25, 0.3) is 10.9 Å². The minimum Gasteiger partial charge on any atom is -0.325 e. The molecule has 3 aromatic rings. The lowest BCUT2D eigenvalue weighted by Gasteiger charge is -2.24. The second kappa shape index (κ2) is 8.36. The van der Waals surface area contributed by atoms with E-state index in [2.05, 4.69) is 20.6 Å². The summed E-state index contributed by atoms with van der Waals surface area (Å²) in [6.07, 6.45) is 0.450. The van der Waals surface area contributed by atoms with E-state index in [0.717, 1.165) is 5.01 Å². The smallest absolute Gasteiger partial charge is 0.262 e. The Hall–Kier alpha value is -3.44. The van der Waals surface area contributed by atoms with Gasteiger partial charge in [-0.1, -0.05) is 6.07 Å². The molecule has 0 radical (unpaired) electrons. The number of anilines is 1. The van der Waals surface area contributed by atoms with Crippen LogP contribution < -0.4 is 21.9 Å². The van der Waals surface area contributed by atoms with Gasteiger partial charge in [-0.2, -0.15) is 0 Å². The number of nitrogens with one attached hydrogen (secondary N) is 2. The van der Waals surface area contributed by atoms with E-state index in [1.54, 1.807) is 30.5 Å². The highest BCUT2D eigenvalue weighted by molar-refractivity contribution is 7.09. The maximum Gasteiger partial charge on any atom is 0.262 e. The fraction of sp³-hybridized carbons (Fsp3) is 0.300. The van der Waals surface area contributed by atoms with E-state index < -0.39 is 17.5 Å². The number of piperidine rings is 1. The lowest BCUT2D eigenvalue weighted by Crippen LogP contribution is -2.45. The average molecular weight is 440 g/mol. The molecule has 0 bridgehead atoms. The minimum absolute atomic E-state index is 0.0687. The summed E-state index contributed by atoms with van der Waals surface area (Å²) in [4.78, 5) is 58.2. The number of benzene rings is 1. The van der Waals surface area contributed by atoms with Gasteiger partial charge in [0.15, 0.2) is 0 Å². The van der Waals surface area contributed by atoms with Crippen LogP contribution >= 0.6 is 11.3 Å². The molecule has 3 heterocycles. The number of aromatic nitrogens is 3. The van der Waals surface area contributed by atoms with Gasteiger partial charge in [0.05, 0.1) is 23.2 Å². The number of para-hydroxylation sites is 1. The molecule has 3 amide bonds. The van der Waals surface area contributed by atoms with Gasteiger partial charge < -0.3 is 11.1 Å². The van der Waals surface area contributed by atoms with Gasteiger partial charge in [-0.15, -0.1) is 11.3 Å². The third kappa shape index (κ3) is 4.09. The van der Waals surface area contributed by atoms with Gasteiger partial charge in [-0.25, -0.2) is 9.97 Å². The molecule has 1 unspecified atom stereocenters. The molecular formula is C20H20N6O4S. The summed E-state index contributed by atoms with van der Waals surface area (Å²) < 4.78 is 1.30. The molecular weight excluding hydrogens is 420 g/mol. The molecule has 2 aromatic heterocycles. The number of rotatable bonds is 5. The van der Waals surface area contributed by atoms with Crippen molar-refractivity contribution in [3.8, 4) is 0 Å².